The van der Waals surface area contributed by atoms with E-state index in [0.717, 1.165) is 44.3 Å². The van der Waals surface area contributed by atoms with Gasteiger partial charge in [-0.1, -0.05) is 42.0 Å². The summed E-state index contributed by atoms with van der Waals surface area (Å²) in [5.41, 5.74) is 11.0. The Morgan fingerprint density at radius 2 is 1.12 bits per heavy atom. The van der Waals surface area contributed by atoms with Crippen molar-refractivity contribution >= 4 is 117 Å². The molecule has 10 rings (SSSR count). The van der Waals surface area contributed by atoms with Gasteiger partial charge in [-0.25, -0.2) is 0 Å². The molecule has 0 saturated carbocycles. The summed E-state index contributed by atoms with van der Waals surface area (Å²) in [5, 5.41) is 4.79. The van der Waals surface area contributed by atoms with Crippen LogP contribution in [-0.4, -0.2) is 4.57 Å². The number of hydrogen-bond acceptors (Lipinski definition) is 5. The van der Waals surface area contributed by atoms with Crippen LogP contribution < -0.4 is 0 Å². The summed E-state index contributed by atoms with van der Waals surface area (Å²) in [6.07, 6.45) is 0. The van der Waals surface area contributed by atoms with Crippen molar-refractivity contribution in [1.82, 2.24) is 4.57 Å². The molecule has 4 aromatic carbocycles. The van der Waals surface area contributed by atoms with Gasteiger partial charge in [0.05, 0.1) is 24.3 Å². The molecule has 0 spiro atoms. The fourth-order valence-electron chi connectivity index (χ4n) is 6.44. The Morgan fingerprint density at radius 1 is 0.488 bits per heavy atom. The molecule has 0 bridgehead atoms. The molecule has 0 saturated heterocycles. The highest BCUT2D eigenvalue weighted by atomic mass is 32.1. The van der Waals surface area contributed by atoms with E-state index in [1.54, 1.807) is 0 Å². The number of hydrogen-bond donors (Lipinski definition) is 0. The van der Waals surface area contributed by atoms with Gasteiger partial charge in [-0.3, -0.25) is 0 Å². The molecule has 6 aromatic heterocycles. The molecule has 0 aliphatic carbocycles. The van der Waals surface area contributed by atoms with Gasteiger partial charge < -0.3 is 13.4 Å². The van der Waals surface area contributed by atoms with Crippen LogP contribution in [0.5, 0.6) is 0 Å². The molecule has 0 aliphatic rings. The molecule has 41 heavy (non-hydrogen) atoms. The molecule has 6 heteroatoms. The maximum absolute atomic E-state index is 6.77. The van der Waals surface area contributed by atoms with Crippen LogP contribution >= 0.6 is 34.0 Å². The van der Waals surface area contributed by atoms with Crippen molar-refractivity contribution in [2.24, 2.45) is 0 Å². The van der Waals surface area contributed by atoms with Gasteiger partial charge in [-0.05, 0) is 68.3 Å². The number of thiophene rings is 3. The van der Waals surface area contributed by atoms with Gasteiger partial charge >= 0.3 is 0 Å². The molecule has 0 radical (unpaired) electrons. The lowest BCUT2D eigenvalue weighted by Crippen LogP contribution is -1.93. The zero-order valence-electron chi connectivity index (χ0n) is 22.4. The molecular formula is C35H21NO2S3. The number of aryl methyl sites for hydroxylation is 3. The Labute approximate surface area is 245 Å². The first kappa shape index (κ1) is 22.6. The third-order valence-electron chi connectivity index (χ3n) is 8.40. The van der Waals surface area contributed by atoms with Crippen molar-refractivity contribution in [3.8, 4) is 5.69 Å². The third kappa shape index (κ3) is 2.87. The lowest BCUT2D eigenvalue weighted by Gasteiger charge is -2.08. The van der Waals surface area contributed by atoms with Crippen molar-refractivity contribution in [2.45, 2.75) is 20.8 Å². The molecule has 0 N–H and O–H groups in total. The minimum atomic E-state index is 0.902. The molecule has 0 unspecified atom stereocenters. The summed E-state index contributed by atoms with van der Waals surface area (Å²) in [5.74, 6) is 0. The smallest absolute Gasteiger partial charge is 0.171 e. The molecule has 0 fully saturated rings. The average molecular weight is 584 g/mol. The minimum Gasteiger partial charge on any atom is -0.454 e. The van der Waals surface area contributed by atoms with Gasteiger partial charge in [-0.15, -0.1) is 34.0 Å². The van der Waals surface area contributed by atoms with E-state index in [1.165, 1.54) is 61.2 Å². The number of fused-ring (bicyclic) bond motifs is 14. The second-order valence-corrected chi connectivity index (χ2v) is 14.3. The van der Waals surface area contributed by atoms with Crippen LogP contribution in [0.25, 0.3) is 88.8 Å². The van der Waals surface area contributed by atoms with Crippen LogP contribution in [0.4, 0.5) is 0 Å². The van der Waals surface area contributed by atoms with E-state index in [9.17, 15) is 0 Å². The number of furan rings is 2. The fraction of sp³-hybridized carbons (Fsp3) is 0.0857. The minimum absolute atomic E-state index is 0.902. The van der Waals surface area contributed by atoms with Crippen LogP contribution in [-0.2, 0) is 0 Å². The Bertz CT molecular complexity index is 2720. The largest absolute Gasteiger partial charge is 0.454 e. The molecule has 6 heterocycles. The quantitative estimate of drug-likeness (QED) is 0.192. The summed E-state index contributed by atoms with van der Waals surface area (Å²) < 4.78 is 23.4. The van der Waals surface area contributed by atoms with Crippen LogP contribution in [0.3, 0.4) is 0 Å². The third-order valence-corrected chi connectivity index (χ3v) is 12.1. The Balaban J connectivity index is 1.33. The highest BCUT2D eigenvalue weighted by molar-refractivity contribution is 7.36. The Kier molecular flexibility index (Phi) is 4.18. The second-order valence-electron chi connectivity index (χ2n) is 11.2. The highest BCUT2D eigenvalue weighted by Gasteiger charge is 2.25. The molecule has 196 valence electrons. The molecule has 3 nitrogen and oxygen atoms in total. The first-order chi connectivity index (χ1) is 20.0. The predicted octanol–water partition coefficient (Wildman–Crippen LogP) is 12.0. The van der Waals surface area contributed by atoms with Crippen LogP contribution in [0.2, 0.25) is 0 Å². The summed E-state index contributed by atoms with van der Waals surface area (Å²) in [6.45, 7) is 6.44. The predicted molar refractivity (Wildman–Crippen MR) is 178 cm³/mol. The zero-order valence-corrected chi connectivity index (χ0v) is 24.9. The first-order valence-electron chi connectivity index (χ1n) is 13.7. The van der Waals surface area contributed by atoms with Gasteiger partial charge in [0.2, 0.25) is 0 Å². The Hall–Kier alpha value is -4.10. The maximum Gasteiger partial charge on any atom is 0.171 e. The Morgan fingerprint density at radius 3 is 1.93 bits per heavy atom. The van der Waals surface area contributed by atoms with Crippen molar-refractivity contribution in [1.29, 1.82) is 0 Å². The molecular weight excluding hydrogens is 563 g/mol. The average Bonchev–Trinajstić information content (AvgIpc) is 3.76. The van der Waals surface area contributed by atoms with Crippen molar-refractivity contribution in [2.75, 3.05) is 0 Å². The normalized spacial score (nSPS) is 12.8. The van der Waals surface area contributed by atoms with Crippen molar-refractivity contribution in [3.05, 3.63) is 89.5 Å². The van der Waals surface area contributed by atoms with Crippen LogP contribution in [0.1, 0.15) is 16.7 Å². The van der Waals surface area contributed by atoms with Gasteiger partial charge in [0, 0.05) is 36.6 Å². The lowest BCUT2D eigenvalue weighted by molar-refractivity contribution is 0.668. The van der Waals surface area contributed by atoms with E-state index < -0.39 is 0 Å². The first-order valence-corrected chi connectivity index (χ1v) is 16.1. The fourth-order valence-corrected chi connectivity index (χ4v) is 10.5. The molecule has 0 atom stereocenters. The van der Waals surface area contributed by atoms with E-state index in [2.05, 4.69) is 98.1 Å². The number of benzene rings is 4. The SMILES string of the molecule is Cc1ccc(-n2c3c4cc5oc6c(sc7c8ccc(C)cc8sc67)c5cc4oc3c3sc4cc(C)ccc4c32)cc1. The van der Waals surface area contributed by atoms with Gasteiger partial charge in [0.1, 0.15) is 16.7 Å². The van der Waals surface area contributed by atoms with E-state index in [1.807, 2.05) is 34.0 Å². The van der Waals surface area contributed by atoms with E-state index in [0.29, 0.717) is 0 Å². The number of nitrogens with zero attached hydrogens (tertiary/aromatic N) is 1. The summed E-state index contributed by atoms with van der Waals surface area (Å²) >= 11 is 5.49. The van der Waals surface area contributed by atoms with E-state index in [4.69, 9.17) is 8.83 Å². The summed E-state index contributed by atoms with van der Waals surface area (Å²) in [4.78, 5) is 0. The standard InChI is InChI=1S/C35H21NO2S3/c1-16-4-8-19(9-5-16)36-28-22-14-25-23(32-31(38-25)35-33(41-32)21-11-7-18(3)13-27(21)40-35)15-24(22)37-30(28)34-29(36)20-10-6-17(2)12-26(20)39-34/h4-15H,1-3H3. The van der Waals surface area contributed by atoms with Crippen molar-refractivity contribution < 1.29 is 8.83 Å². The van der Waals surface area contributed by atoms with Gasteiger partial charge in [0.25, 0.3) is 0 Å². The van der Waals surface area contributed by atoms with Gasteiger partial charge in [-0.2, -0.15) is 0 Å². The topological polar surface area (TPSA) is 31.2 Å². The van der Waals surface area contributed by atoms with Crippen LogP contribution in [0.15, 0.2) is 81.6 Å². The van der Waals surface area contributed by atoms with E-state index >= 15 is 0 Å². The number of rotatable bonds is 1. The molecule has 0 amide bonds. The molecule has 0 aliphatic heterocycles. The second kappa shape index (κ2) is 7.59. The summed E-state index contributed by atoms with van der Waals surface area (Å²) in [6, 6.07) is 26.7. The highest BCUT2D eigenvalue weighted by Crippen LogP contribution is 2.50. The zero-order chi connectivity index (χ0) is 27.1. The van der Waals surface area contributed by atoms with E-state index in [-0.39, 0.29) is 0 Å². The van der Waals surface area contributed by atoms with Gasteiger partial charge in [0.15, 0.2) is 11.2 Å². The van der Waals surface area contributed by atoms with Crippen molar-refractivity contribution in [3.63, 3.8) is 0 Å². The summed E-state index contributed by atoms with van der Waals surface area (Å²) in [7, 11) is 0. The monoisotopic (exact) mass is 583 g/mol. The van der Waals surface area contributed by atoms with Crippen LogP contribution in [0, 0.1) is 20.8 Å². The maximum atomic E-state index is 6.77. The number of aromatic nitrogens is 1. The lowest BCUT2D eigenvalue weighted by atomic mass is 10.1. The molecule has 10 aromatic rings.